The number of alkyl carbamates (subject to hydrolysis) is 1. The average molecular weight is 418 g/mol. The van der Waals surface area contributed by atoms with E-state index in [4.69, 9.17) is 14.7 Å². The normalized spacial score (nSPS) is 12.4. The van der Waals surface area contributed by atoms with Crippen molar-refractivity contribution in [3.05, 3.63) is 35.9 Å². The van der Waals surface area contributed by atoms with Crippen LogP contribution in [0.4, 0.5) is 4.79 Å². The lowest BCUT2D eigenvalue weighted by Gasteiger charge is -2.23. The van der Waals surface area contributed by atoms with Crippen molar-refractivity contribution < 1.29 is 23.9 Å². The molecule has 8 nitrogen and oxygen atoms in total. The first kappa shape index (κ1) is 25.0. The van der Waals surface area contributed by atoms with Crippen LogP contribution in [0.5, 0.6) is 0 Å². The van der Waals surface area contributed by atoms with Crippen molar-refractivity contribution in [3.8, 4) is 6.07 Å². The van der Waals surface area contributed by atoms with Crippen LogP contribution in [0, 0.1) is 17.2 Å². The zero-order valence-electron chi connectivity index (χ0n) is 17.8. The van der Waals surface area contributed by atoms with E-state index in [9.17, 15) is 14.4 Å². The molecule has 2 N–H and O–H groups in total. The van der Waals surface area contributed by atoms with Gasteiger partial charge in [0.2, 0.25) is 5.91 Å². The molecule has 2 amide bonds. The number of benzene rings is 1. The molecule has 0 fully saturated rings. The zero-order valence-corrected chi connectivity index (χ0v) is 17.8. The molecule has 0 aliphatic carbocycles. The van der Waals surface area contributed by atoms with Crippen LogP contribution >= 0.6 is 0 Å². The van der Waals surface area contributed by atoms with E-state index in [0.29, 0.717) is 32.1 Å². The molecule has 0 aliphatic heterocycles. The highest BCUT2D eigenvalue weighted by molar-refractivity contribution is 5.89. The lowest BCUT2D eigenvalue weighted by atomic mass is 10.0. The highest BCUT2D eigenvalue weighted by Crippen LogP contribution is 2.09. The SMILES string of the molecule is COC(=O)[C@H](CCCCC#N)NC(=O)[C@H](CC(C)C)NC(=O)OCc1ccccc1. The number of amides is 2. The number of carbonyl (C=O) groups excluding carboxylic acids is 3. The Morgan fingerprint density at radius 1 is 1.07 bits per heavy atom. The first-order chi connectivity index (χ1) is 14.4. The third-order valence-electron chi connectivity index (χ3n) is 4.36. The number of rotatable bonds is 12. The van der Waals surface area contributed by atoms with Gasteiger partial charge in [0.1, 0.15) is 18.7 Å². The van der Waals surface area contributed by atoms with Crippen LogP contribution in [-0.2, 0) is 25.7 Å². The fourth-order valence-corrected chi connectivity index (χ4v) is 2.83. The molecule has 0 aliphatic rings. The topological polar surface area (TPSA) is 118 Å². The fourth-order valence-electron chi connectivity index (χ4n) is 2.83. The lowest BCUT2D eigenvalue weighted by molar-refractivity contribution is -0.145. The molecule has 1 aromatic carbocycles. The van der Waals surface area contributed by atoms with Crippen molar-refractivity contribution in [2.75, 3.05) is 7.11 Å². The molecular formula is C22H31N3O5. The number of ether oxygens (including phenoxy) is 2. The van der Waals surface area contributed by atoms with Gasteiger partial charge in [-0.15, -0.1) is 0 Å². The summed E-state index contributed by atoms with van der Waals surface area (Å²) in [5.74, 6) is -0.909. The second kappa shape index (κ2) is 14.0. The predicted octanol–water partition coefficient (Wildman–Crippen LogP) is 3.07. The molecule has 0 saturated heterocycles. The molecule has 0 bridgehead atoms. The third-order valence-corrected chi connectivity index (χ3v) is 4.36. The minimum atomic E-state index is -0.848. The second-order valence-corrected chi connectivity index (χ2v) is 7.38. The van der Waals surface area contributed by atoms with E-state index in [0.717, 1.165) is 5.56 Å². The summed E-state index contributed by atoms with van der Waals surface area (Å²) in [4.78, 5) is 37.0. The Morgan fingerprint density at radius 2 is 1.77 bits per heavy atom. The van der Waals surface area contributed by atoms with E-state index in [2.05, 4.69) is 10.6 Å². The highest BCUT2D eigenvalue weighted by Gasteiger charge is 2.28. The Hall–Kier alpha value is -3.08. The maximum absolute atomic E-state index is 12.8. The van der Waals surface area contributed by atoms with Crippen LogP contribution in [0.2, 0.25) is 0 Å². The first-order valence-corrected chi connectivity index (χ1v) is 10.1. The summed E-state index contributed by atoms with van der Waals surface area (Å²) in [5.41, 5.74) is 0.834. The van der Waals surface area contributed by atoms with Crippen molar-refractivity contribution in [2.45, 2.75) is 64.6 Å². The van der Waals surface area contributed by atoms with Crippen LogP contribution < -0.4 is 10.6 Å². The van der Waals surface area contributed by atoms with Crippen molar-refractivity contribution in [1.29, 1.82) is 5.26 Å². The average Bonchev–Trinajstić information content (AvgIpc) is 2.73. The van der Waals surface area contributed by atoms with Gasteiger partial charge >= 0.3 is 12.1 Å². The Labute approximate surface area is 177 Å². The van der Waals surface area contributed by atoms with Gasteiger partial charge in [-0.25, -0.2) is 9.59 Å². The van der Waals surface area contributed by atoms with Gasteiger partial charge < -0.3 is 20.1 Å². The third kappa shape index (κ3) is 9.92. The fraction of sp³-hybridized carbons (Fsp3) is 0.545. The number of nitrogens with one attached hydrogen (secondary N) is 2. The maximum atomic E-state index is 12.8. The van der Waals surface area contributed by atoms with Gasteiger partial charge in [0.05, 0.1) is 13.2 Å². The van der Waals surface area contributed by atoms with E-state index in [1.165, 1.54) is 7.11 Å². The molecule has 0 unspecified atom stereocenters. The van der Waals surface area contributed by atoms with Gasteiger partial charge in [-0.3, -0.25) is 4.79 Å². The summed E-state index contributed by atoms with van der Waals surface area (Å²) in [6.07, 6.45) is 1.63. The maximum Gasteiger partial charge on any atom is 0.408 e. The molecule has 1 aromatic rings. The predicted molar refractivity (Wildman–Crippen MR) is 111 cm³/mol. The van der Waals surface area contributed by atoms with Gasteiger partial charge in [-0.2, -0.15) is 5.26 Å². The smallest absolute Gasteiger partial charge is 0.408 e. The number of unbranched alkanes of at least 4 members (excludes halogenated alkanes) is 2. The van der Waals surface area contributed by atoms with E-state index in [-0.39, 0.29) is 12.5 Å². The van der Waals surface area contributed by atoms with Gasteiger partial charge in [-0.1, -0.05) is 44.2 Å². The van der Waals surface area contributed by atoms with Crippen LogP contribution in [0.3, 0.4) is 0 Å². The number of nitrogens with zero attached hydrogens (tertiary/aromatic N) is 1. The van der Waals surface area contributed by atoms with Crippen LogP contribution in [-0.4, -0.2) is 37.2 Å². The molecule has 0 aromatic heterocycles. The molecule has 8 heteroatoms. The summed E-state index contributed by atoms with van der Waals surface area (Å²) in [6.45, 7) is 3.94. The van der Waals surface area contributed by atoms with Crippen molar-refractivity contribution in [3.63, 3.8) is 0 Å². The molecule has 0 heterocycles. The zero-order chi connectivity index (χ0) is 22.4. The first-order valence-electron chi connectivity index (χ1n) is 10.1. The molecule has 0 saturated carbocycles. The monoisotopic (exact) mass is 417 g/mol. The number of nitriles is 1. The largest absolute Gasteiger partial charge is 0.467 e. The molecule has 30 heavy (non-hydrogen) atoms. The van der Waals surface area contributed by atoms with Gasteiger partial charge in [0.15, 0.2) is 0 Å². The van der Waals surface area contributed by atoms with Gasteiger partial charge in [0, 0.05) is 6.42 Å². The molecule has 164 valence electrons. The summed E-state index contributed by atoms with van der Waals surface area (Å²) in [7, 11) is 1.25. The number of hydrogen-bond donors (Lipinski definition) is 2. The molecule has 1 rings (SSSR count). The molecule has 0 radical (unpaired) electrons. The van der Waals surface area contributed by atoms with Crippen molar-refractivity contribution in [2.24, 2.45) is 5.92 Å². The Kier molecular flexibility index (Phi) is 11.6. The van der Waals surface area contributed by atoms with E-state index < -0.39 is 30.1 Å². The molecular weight excluding hydrogens is 386 g/mol. The van der Waals surface area contributed by atoms with Crippen LogP contribution in [0.1, 0.15) is 51.5 Å². The number of carbonyl (C=O) groups is 3. The standard InChI is InChI=1S/C22H31N3O5/c1-16(2)14-19(25-22(28)30-15-17-10-6-4-7-11-17)20(26)24-18(21(27)29-3)12-8-5-9-13-23/h4,6-7,10-11,16,18-19H,5,8-9,12,14-15H2,1-3H3,(H,24,26)(H,25,28)/t18-,19-/m0/s1. The second-order valence-electron chi connectivity index (χ2n) is 7.38. The van der Waals surface area contributed by atoms with Crippen LogP contribution in [0.15, 0.2) is 30.3 Å². The minimum Gasteiger partial charge on any atom is -0.467 e. The van der Waals surface area contributed by atoms with Gasteiger partial charge in [-0.05, 0) is 37.2 Å². The summed E-state index contributed by atoms with van der Waals surface area (Å²) < 4.78 is 9.97. The van der Waals surface area contributed by atoms with Crippen molar-refractivity contribution in [1.82, 2.24) is 10.6 Å². The minimum absolute atomic E-state index is 0.0897. The summed E-state index contributed by atoms with van der Waals surface area (Å²) >= 11 is 0. The van der Waals surface area contributed by atoms with E-state index in [1.807, 2.05) is 50.2 Å². The van der Waals surface area contributed by atoms with E-state index in [1.54, 1.807) is 0 Å². The Morgan fingerprint density at radius 3 is 2.37 bits per heavy atom. The van der Waals surface area contributed by atoms with Gasteiger partial charge in [0.25, 0.3) is 0 Å². The van der Waals surface area contributed by atoms with Crippen LogP contribution in [0.25, 0.3) is 0 Å². The Bertz CT molecular complexity index is 715. The van der Waals surface area contributed by atoms with Crippen molar-refractivity contribution >= 4 is 18.0 Å². The number of hydrogen-bond acceptors (Lipinski definition) is 6. The molecule has 0 spiro atoms. The van der Waals surface area contributed by atoms with E-state index >= 15 is 0 Å². The summed E-state index contributed by atoms with van der Waals surface area (Å²) in [6, 6.07) is 9.58. The number of esters is 1. The lowest BCUT2D eigenvalue weighted by Crippen LogP contribution is -2.52. The highest BCUT2D eigenvalue weighted by atomic mass is 16.5. The number of methoxy groups -OCH3 is 1. The Balaban J connectivity index is 2.69. The quantitative estimate of drug-likeness (QED) is 0.399. The summed E-state index contributed by atoms with van der Waals surface area (Å²) in [5, 5.41) is 13.9. The molecule has 2 atom stereocenters.